The molecule has 0 saturated carbocycles. The van der Waals surface area contributed by atoms with E-state index in [1.165, 1.54) is 0 Å². The first-order valence-corrected chi connectivity index (χ1v) is 5.79. The van der Waals surface area contributed by atoms with Crippen LogP contribution in [0.4, 0.5) is 17.1 Å². The molecule has 2 aliphatic heterocycles. The highest BCUT2D eigenvalue weighted by Crippen LogP contribution is 2.33. The molecule has 2 heterocycles. The summed E-state index contributed by atoms with van der Waals surface area (Å²) in [6, 6.07) is 3.87. The van der Waals surface area contributed by atoms with Crippen LogP contribution in [0.3, 0.4) is 0 Å². The Hall–Kier alpha value is -1.75. The Balaban J connectivity index is 1.95. The first-order chi connectivity index (χ1) is 8.24. The minimum absolute atomic E-state index is 0.0403. The van der Waals surface area contributed by atoms with Gasteiger partial charge in [-0.2, -0.15) is 0 Å². The van der Waals surface area contributed by atoms with Gasteiger partial charge in [-0.3, -0.25) is 4.79 Å². The Kier molecular flexibility index (Phi) is 2.40. The summed E-state index contributed by atoms with van der Waals surface area (Å²) in [7, 11) is 0. The Morgan fingerprint density at radius 2 is 2.06 bits per heavy atom. The molecule has 90 valence electrons. The summed E-state index contributed by atoms with van der Waals surface area (Å²) < 4.78 is 5.32. The van der Waals surface area contributed by atoms with Crippen molar-refractivity contribution in [2.45, 2.75) is 6.42 Å². The lowest BCUT2D eigenvalue weighted by atomic mass is 10.1. The van der Waals surface area contributed by atoms with Crippen molar-refractivity contribution in [3.05, 3.63) is 17.7 Å². The van der Waals surface area contributed by atoms with Crippen molar-refractivity contribution in [1.29, 1.82) is 0 Å². The summed E-state index contributed by atoms with van der Waals surface area (Å²) in [4.78, 5) is 13.5. The molecule has 0 aliphatic carbocycles. The normalized spacial score (nSPS) is 19.1. The number of nitrogen functional groups attached to an aromatic ring is 1. The second-order valence-electron chi connectivity index (χ2n) is 4.39. The third-order valence-electron chi connectivity index (χ3n) is 3.23. The molecule has 2 aliphatic rings. The number of carbonyl (C=O) groups excluding carboxylic acids is 1. The van der Waals surface area contributed by atoms with Crippen molar-refractivity contribution < 1.29 is 9.53 Å². The molecule has 1 fully saturated rings. The van der Waals surface area contributed by atoms with Crippen molar-refractivity contribution in [2.75, 3.05) is 42.3 Å². The predicted octanol–water partition coefficient (Wildman–Crippen LogP) is 0.600. The van der Waals surface area contributed by atoms with Crippen LogP contribution in [0.15, 0.2) is 12.1 Å². The third-order valence-corrected chi connectivity index (χ3v) is 3.23. The smallest absolute Gasteiger partial charge is 0.228 e. The molecule has 3 rings (SSSR count). The summed E-state index contributed by atoms with van der Waals surface area (Å²) in [6.07, 6.45) is 0.451. The van der Waals surface area contributed by atoms with Crippen molar-refractivity contribution in [3.63, 3.8) is 0 Å². The number of ether oxygens (including phenoxy) is 1. The van der Waals surface area contributed by atoms with E-state index in [4.69, 9.17) is 10.5 Å². The van der Waals surface area contributed by atoms with Crippen molar-refractivity contribution in [3.8, 4) is 0 Å². The number of nitrogens with one attached hydrogen (secondary N) is 1. The van der Waals surface area contributed by atoms with Gasteiger partial charge < -0.3 is 20.7 Å². The summed E-state index contributed by atoms with van der Waals surface area (Å²) in [5, 5.41) is 2.81. The first-order valence-electron chi connectivity index (χ1n) is 5.79. The number of nitrogens with two attached hydrogens (primary N) is 1. The van der Waals surface area contributed by atoms with Gasteiger partial charge in [0.1, 0.15) is 0 Å². The van der Waals surface area contributed by atoms with Crippen LogP contribution in [0.25, 0.3) is 0 Å². The van der Waals surface area contributed by atoms with Crippen LogP contribution in [0.5, 0.6) is 0 Å². The van der Waals surface area contributed by atoms with Crippen LogP contribution in [0.1, 0.15) is 5.56 Å². The number of fused-ring (bicyclic) bond motifs is 1. The fraction of sp³-hybridized carbons (Fsp3) is 0.417. The van der Waals surface area contributed by atoms with Crippen molar-refractivity contribution >= 4 is 23.0 Å². The quantitative estimate of drug-likeness (QED) is 0.697. The van der Waals surface area contributed by atoms with Gasteiger partial charge >= 0.3 is 0 Å². The van der Waals surface area contributed by atoms with Gasteiger partial charge in [-0.25, -0.2) is 0 Å². The second-order valence-corrected chi connectivity index (χ2v) is 4.39. The lowest BCUT2D eigenvalue weighted by molar-refractivity contribution is -0.115. The molecule has 0 bridgehead atoms. The minimum Gasteiger partial charge on any atom is -0.397 e. The standard InChI is InChI=1S/C12H15N3O2/c13-9-7-10-8(6-12(16)14-10)5-11(9)15-1-3-17-4-2-15/h5,7H,1-4,6,13H2,(H,14,16). The summed E-state index contributed by atoms with van der Waals surface area (Å²) in [5.41, 5.74) is 9.65. The first kappa shape index (κ1) is 10.4. The molecule has 0 unspecified atom stereocenters. The van der Waals surface area contributed by atoms with E-state index < -0.39 is 0 Å². The summed E-state index contributed by atoms with van der Waals surface area (Å²) in [6.45, 7) is 3.16. The highest BCUT2D eigenvalue weighted by atomic mass is 16.5. The number of nitrogens with zero attached hydrogens (tertiary/aromatic N) is 1. The molecule has 5 nitrogen and oxygen atoms in total. The second kappa shape index (κ2) is 3.92. The molecular formula is C12H15N3O2. The summed E-state index contributed by atoms with van der Waals surface area (Å²) >= 11 is 0. The zero-order valence-electron chi connectivity index (χ0n) is 9.53. The van der Waals surface area contributed by atoms with Crippen molar-refractivity contribution in [2.24, 2.45) is 0 Å². The molecule has 1 aromatic rings. The Labute approximate surface area is 99.5 Å². The summed E-state index contributed by atoms with van der Waals surface area (Å²) in [5.74, 6) is 0.0403. The van der Waals surface area contributed by atoms with Gasteiger partial charge in [-0.15, -0.1) is 0 Å². The number of rotatable bonds is 1. The van der Waals surface area contributed by atoms with Gasteiger partial charge in [0, 0.05) is 18.8 Å². The topological polar surface area (TPSA) is 67.6 Å². The van der Waals surface area contributed by atoms with E-state index in [-0.39, 0.29) is 5.91 Å². The fourth-order valence-corrected chi connectivity index (χ4v) is 2.36. The molecule has 1 saturated heterocycles. The molecule has 1 amide bonds. The maximum atomic E-state index is 11.3. The zero-order valence-corrected chi connectivity index (χ0v) is 9.53. The molecular weight excluding hydrogens is 218 g/mol. The Morgan fingerprint density at radius 3 is 2.82 bits per heavy atom. The highest BCUT2D eigenvalue weighted by Gasteiger charge is 2.22. The van der Waals surface area contributed by atoms with Crippen LogP contribution in [0, 0.1) is 0 Å². The number of benzene rings is 1. The van der Waals surface area contributed by atoms with Gasteiger partial charge in [-0.05, 0) is 17.7 Å². The Morgan fingerprint density at radius 1 is 1.29 bits per heavy atom. The van der Waals surface area contributed by atoms with Gasteiger partial charge in [0.15, 0.2) is 0 Å². The number of hydrogen-bond acceptors (Lipinski definition) is 4. The van der Waals surface area contributed by atoms with Crippen LogP contribution in [-0.2, 0) is 16.0 Å². The van der Waals surface area contributed by atoms with Crippen LogP contribution in [0.2, 0.25) is 0 Å². The van der Waals surface area contributed by atoms with Crippen molar-refractivity contribution in [1.82, 2.24) is 0 Å². The third kappa shape index (κ3) is 1.82. The maximum Gasteiger partial charge on any atom is 0.228 e. The lowest BCUT2D eigenvalue weighted by Crippen LogP contribution is -2.36. The van der Waals surface area contributed by atoms with Crippen LogP contribution >= 0.6 is 0 Å². The molecule has 5 heteroatoms. The van der Waals surface area contributed by atoms with Crippen LogP contribution < -0.4 is 16.0 Å². The maximum absolute atomic E-state index is 11.3. The average molecular weight is 233 g/mol. The molecule has 0 aromatic heterocycles. The van der Waals surface area contributed by atoms with Gasteiger partial charge in [0.2, 0.25) is 5.91 Å². The number of morpholine rings is 1. The zero-order chi connectivity index (χ0) is 11.8. The van der Waals surface area contributed by atoms with Gasteiger partial charge in [0.05, 0.1) is 31.0 Å². The van der Waals surface area contributed by atoms with E-state index in [1.807, 2.05) is 12.1 Å². The average Bonchev–Trinajstić information content (AvgIpc) is 2.68. The van der Waals surface area contributed by atoms with Gasteiger partial charge in [-0.1, -0.05) is 0 Å². The minimum atomic E-state index is 0.0403. The van der Waals surface area contributed by atoms with Gasteiger partial charge in [0.25, 0.3) is 0 Å². The highest BCUT2D eigenvalue weighted by molar-refractivity contribution is 6.00. The largest absolute Gasteiger partial charge is 0.397 e. The van der Waals surface area contributed by atoms with Crippen LogP contribution in [-0.4, -0.2) is 32.2 Å². The lowest BCUT2D eigenvalue weighted by Gasteiger charge is -2.30. The van der Waals surface area contributed by atoms with E-state index in [0.717, 1.165) is 43.2 Å². The molecule has 0 radical (unpaired) electrons. The van der Waals surface area contributed by atoms with E-state index >= 15 is 0 Å². The molecule has 0 atom stereocenters. The molecule has 0 spiro atoms. The predicted molar refractivity (Wildman–Crippen MR) is 66.2 cm³/mol. The molecule has 3 N–H and O–H groups in total. The fourth-order valence-electron chi connectivity index (χ4n) is 2.36. The van der Waals surface area contributed by atoms with E-state index in [0.29, 0.717) is 12.1 Å². The SMILES string of the molecule is Nc1cc2c(cc1N1CCOCC1)CC(=O)N2. The Bertz CT molecular complexity index is 467. The number of amides is 1. The van der Waals surface area contributed by atoms with E-state index in [9.17, 15) is 4.79 Å². The van der Waals surface area contributed by atoms with E-state index in [1.54, 1.807) is 0 Å². The van der Waals surface area contributed by atoms with E-state index in [2.05, 4.69) is 10.2 Å². The number of hydrogen-bond donors (Lipinski definition) is 2. The number of anilines is 3. The molecule has 17 heavy (non-hydrogen) atoms. The number of carbonyl (C=O) groups is 1. The molecule has 1 aromatic carbocycles. The monoisotopic (exact) mass is 233 g/mol.